The third kappa shape index (κ3) is 1.33. The summed E-state index contributed by atoms with van der Waals surface area (Å²) in [6.07, 6.45) is 5.78. The highest BCUT2D eigenvalue weighted by Gasteiger charge is 2.30. The van der Waals surface area contributed by atoms with Crippen LogP contribution in [0.25, 0.3) is 0 Å². The molecule has 1 nitrogen and oxygen atoms in total. The quantitative estimate of drug-likeness (QED) is 0.512. The van der Waals surface area contributed by atoms with Crippen LogP contribution in [0, 0.1) is 5.92 Å². The van der Waals surface area contributed by atoms with Crippen LogP contribution in [0.5, 0.6) is 0 Å². The van der Waals surface area contributed by atoms with Gasteiger partial charge in [0, 0.05) is 9.97 Å². The van der Waals surface area contributed by atoms with E-state index in [4.69, 9.17) is 0 Å². The highest BCUT2D eigenvalue weighted by Crippen LogP contribution is 2.32. The van der Waals surface area contributed by atoms with Gasteiger partial charge in [0.05, 0.1) is 0 Å². The molecule has 1 aliphatic carbocycles. The number of hydrogen-bond donors (Lipinski definition) is 1. The molecule has 0 aromatic carbocycles. The van der Waals surface area contributed by atoms with Gasteiger partial charge in [0.15, 0.2) is 0 Å². The predicted octanol–water partition coefficient (Wildman–Crippen LogP) is 1.95. The Balaban J connectivity index is 2.07. The van der Waals surface area contributed by atoms with Crippen LogP contribution in [-0.2, 0) is 0 Å². The van der Waals surface area contributed by atoms with E-state index in [-0.39, 0.29) is 0 Å². The summed E-state index contributed by atoms with van der Waals surface area (Å²) in [5, 5.41) is 3.61. The highest BCUT2D eigenvalue weighted by molar-refractivity contribution is 14.1. The maximum atomic E-state index is 3.61. The first-order chi connectivity index (χ1) is 4.86. The van der Waals surface area contributed by atoms with Gasteiger partial charge in [0.2, 0.25) is 0 Å². The Kier molecular flexibility index (Phi) is 2.18. The minimum absolute atomic E-state index is 0.862. The summed E-state index contributed by atoms with van der Waals surface area (Å²) >= 11 is 2.63. The molecule has 2 heteroatoms. The molecule has 1 N–H and O–H groups in total. The Morgan fingerprint density at radius 3 is 3.00 bits per heavy atom. The van der Waals surface area contributed by atoms with E-state index in [1.807, 2.05) is 0 Å². The summed E-state index contributed by atoms with van der Waals surface area (Å²) in [5.74, 6) is 0.986. The predicted molar refractivity (Wildman–Crippen MR) is 51.6 cm³/mol. The zero-order chi connectivity index (χ0) is 6.97. The van der Waals surface area contributed by atoms with Crippen molar-refractivity contribution < 1.29 is 0 Å². The van der Waals surface area contributed by atoms with Crippen LogP contribution in [0.2, 0.25) is 0 Å². The summed E-state index contributed by atoms with van der Waals surface area (Å²) in [6.45, 7) is 1.29. The Bertz CT molecular complexity index is 122. The number of hydrogen-bond acceptors (Lipinski definition) is 1. The first-order valence-electron chi connectivity index (χ1n) is 4.24. The molecular formula is C8H14IN. The van der Waals surface area contributed by atoms with Crippen LogP contribution < -0.4 is 5.32 Å². The van der Waals surface area contributed by atoms with Gasteiger partial charge in [-0.1, -0.05) is 29.0 Å². The van der Waals surface area contributed by atoms with E-state index in [9.17, 15) is 0 Å². The maximum Gasteiger partial charge on any atom is 0.0165 e. The maximum absolute atomic E-state index is 3.61. The summed E-state index contributed by atoms with van der Waals surface area (Å²) in [5.41, 5.74) is 0. The van der Waals surface area contributed by atoms with Crippen LogP contribution in [-0.4, -0.2) is 16.5 Å². The van der Waals surface area contributed by atoms with Crippen LogP contribution >= 0.6 is 22.6 Å². The number of piperidine rings is 1. The van der Waals surface area contributed by atoms with Gasteiger partial charge in [0.1, 0.15) is 0 Å². The molecule has 3 aliphatic rings. The fraction of sp³-hybridized carbons (Fsp3) is 1.00. The van der Waals surface area contributed by atoms with Crippen molar-refractivity contribution in [2.45, 2.75) is 35.6 Å². The van der Waals surface area contributed by atoms with E-state index in [1.54, 1.807) is 0 Å². The average Bonchev–Trinajstić information content (AvgIpc) is 2.20. The first-order valence-corrected chi connectivity index (χ1v) is 5.48. The van der Waals surface area contributed by atoms with E-state index in [1.165, 1.54) is 32.2 Å². The Morgan fingerprint density at radius 2 is 2.20 bits per heavy atom. The third-order valence-electron chi connectivity index (χ3n) is 2.82. The molecule has 2 heterocycles. The lowest BCUT2D eigenvalue weighted by Gasteiger charge is -2.29. The monoisotopic (exact) mass is 251 g/mol. The van der Waals surface area contributed by atoms with Gasteiger partial charge < -0.3 is 5.32 Å². The van der Waals surface area contributed by atoms with Crippen LogP contribution in [0.1, 0.15) is 25.7 Å². The zero-order valence-corrected chi connectivity index (χ0v) is 8.30. The fourth-order valence-electron chi connectivity index (χ4n) is 2.12. The lowest BCUT2D eigenvalue weighted by molar-refractivity contribution is 0.362. The van der Waals surface area contributed by atoms with Gasteiger partial charge >= 0.3 is 0 Å². The molecule has 2 aliphatic heterocycles. The van der Waals surface area contributed by atoms with Gasteiger partial charge in [0.25, 0.3) is 0 Å². The molecule has 2 bridgehead atoms. The molecule has 3 rings (SSSR count). The molecule has 0 aromatic heterocycles. The second-order valence-corrected chi connectivity index (χ2v) is 5.15. The molecule has 10 heavy (non-hydrogen) atoms. The normalized spacial score (nSPS) is 47.1. The first kappa shape index (κ1) is 7.35. The van der Waals surface area contributed by atoms with Crippen molar-refractivity contribution in [1.29, 1.82) is 0 Å². The number of nitrogens with one attached hydrogen (secondary N) is 1. The van der Waals surface area contributed by atoms with Crippen molar-refractivity contribution in [2.75, 3.05) is 6.54 Å². The molecule has 3 fully saturated rings. The standard InChI is InChI=1S/C8H14IN/c9-8-4-7-3-1-2-6(8)5-10-7/h6-8,10H,1-5H2. The Morgan fingerprint density at radius 1 is 1.30 bits per heavy atom. The van der Waals surface area contributed by atoms with Gasteiger partial charge in [-0.15, -0.1) is 0 Å². The van der Waals surface area contributed by atoms with E-state index in [2.05, 4.69) is 27.9 Å². The van der Waals surface area contributed by atoms with E-state index in [0.29, 0.717) is 0 Å². The van der Waals surface area contributed by atoms with E-state index in [0.717, 1.165) is 15.9 Å². The third-order valence-corrected chi connectivity index (χ3v) is 4.34. The minimum atomic E-state index is 0.862. The molecule has 58 valence electrons. The molecule has 0 radical (unpaired) electrons. The molecule has 2 saturated heterocycles. The Hall–Kier alpha value is 0.690. The average molecular weight is 251 g/mol. The number of fused-ring (bicyclic) bond motifs is 4. The topological polar surface area (TPSA) is 12.0 Å². The minimum Gasteiger partial charge on any atom is -0.314 e. The summed E-state index contributed by atoms with van der Waals surface area (Å²) in [4.78, 5) is 0. The summed E-state index contributed by atoms with van der Waals surface area (Å²) < 4.78 is 0.964. The summed E-state index contributed by atoms with van der Waals surface area (Å²) in [6, 6.07) is 0.862. The van der Waals surface area contributed by atoms with Crippen LogP contribution in [0.3, 0.4) is 0 Å². The second-order valence-electron chi connectivity index (χ2n) is 3.55. The van der Waals surface area contributed by atoms with Gasteiger partial charge in [-0.25, -0.2) is 0 Å². The van der Waals surface area contributed by atoms with Gasteiger partial charge in [-0.2, -0.15) is 0 Å². The van der Waals surface area contributed by atoms with E-state index >= 15 is 0 Å². The fourth-order valence-corrected chi connectivity index (χ4v) is 3.35. The van der Waals surface area contributed by atoms with Crippen LogP contribution in [0.15, 0.2) is 0 Å². The van der Waals surface area contributed by atoms with Gasteiger partial charge in [-0.3, -0.25) is 0 Å². The van der Waals surface area contributed by atoms with Gasteiger partial charge in [-0.05, 0) is 31.7 Å². The SMILES string of the molecule is IC1CC2CCCC1CN2. The number of rotatable bonds is 0. The smallest absolute Gasteiger partial charge is 0.0165 e. The number of alkyl halides is 1. The molecular weight excluding hydrogens is 237 g/mol. The zero-order valence-electron chi connectivity index (χ0n) is 6.15. The molecule has 3 unspecified atom stereocenters. The van der Waals surface area contributed by atoms with E-state index < -0.39 is 0 Å². The molecule has 0 amide bonds. The Labute approximate surface area is 76.1 Å². The lowest BCUT2D eigenvalue weighted by atomic mass is 9.97. The summed E-state index contributed by atoms with van der Waals surface area (Å²) in [7, 11) is 0. The van der Waals surface area contributed by atoms with Crippen molar-refractivity contribution in [3.05, 3.63) is 0 Å². The largest absolute Gasteiger partial charge is 0.314 e. The molecule has 3 atom stereocenters. The highest BCUT2D eigenvalue weighted by atomic mass is 127. The van der Waals surface area contributed by atoms with Crippen molar-refractivity contribution in [2.24, 2.45) is 5.92 Å². The van der Waals surface area contributed by atoms with Crippen molar-refractivity contribution in [1.82, 2.24) is 5.32 Å². The molecule has 0 aromatic rings. The molecule has 0 spiro atoms. The van der Waals surface area contributed by atoms with Crippen molar-refractivity contribution >= 4 is 22.6 Å². The lowest BCUT2D eigenvalue weighted by Crippen LogP contribution is -2.41. The number of halogens is 1. The molecule has 1 saturated carbocycles. The van der Waals surface area contributed by atoms with Crippen molar-refractivity contribution in [3.8, 4) is 0 Å². The van der Waals surface area contributed by atoms with Crippen LogP contribution in [0.4, 0.5) is 0 Å². The van der Waals surface area contributed by atoms with Crippen molar-refractivity contribution in [3.63, 3.8) is 0 Å². The second kappa shape index (κ2) is 2.97.